The molecule has 3 nitrogen and oxygen atoms in total. The van der Waals surface area contributed by atoms with Gasteiger partial charge in [0.15, 0.2) is 0 Å². The highest BCUT2D eigenvalue weighted by atomic mass is 79.9. The fraction of sp³-hybridized carbons (Fsp3) is 0.692. The summed E-state index contributed by atoms with van der Waals surface area (Å²) in [6.45, 7) is 0. The van der Waals surface area contributed by atoms with E-state index in [1.165, 1.54) is 34.3 Å². The summed E-state index contributed by atoms with van der Waals surface area (Å²) >= 11 is 5.33. The van der Waals surface area contributed by atoms with Crippen LogP contribution in [0, 0.1) is 0 Å². The summed E-state index contributed by atoms with van der Waals surface area (Å²) in [6.07, 6.45) is 6.10. The van der Waals surface area contributed by atoms with Crippen molar-refractivity contribution in [3.63, 3.8) is 0 Å². The summed E-state index contributed by atoms with van der Waals surface area (Å²) in [5.41, 5.74) is 3.29. The van der Waals surface area contributed by atoms with E-state index in [0.717, 1.165) is 6.42 Å². The molecule has 2 rings (SSSR count). The molecule has 1 aliphatic rings. The second-order valence-corrected chi connectivity index (χ2v) is 7.88. The monoisotopic (exact) mass is 331 g/mol. The largest absolute Gasteiger partial charge is 0.302 e. The van der Waals surface area contributed by atoms with Crippen molar-refractivity contribution in [3.8, 4) is 0 Å². The van der Waals surface area contributed by atoms with Gasteiger partial charge >= 0.3 is 0 Å². The summed E-state index contributed by atoms with van der Waals surface area (Å²) in [5, 5.41) is 0. The van der Waals surface area contributed by atoms with Crippen LogP contribution in [0.3, 0.4) is 0 Å². The first-order valence-corrected chi connectivity index (χ1v) is 8.07. The molecule has 1 saturated carbocycles. The highest BCUT2D eigenvalue weighted by molar-refractivity contribution is 9.11. The number of thiophene rings is 1. The maximum Gasteiger partial charge on any atom is 0.0701 e. The molecule has 1 heterocycles. The van der Waals surface area contributed by atoms with Crippen LogP contribution >= 0.6 is 27.3 Å². The normalized spacial score (nSPS) is 20.5. The van der Waals surface area contributed by atoms with Crippen LogP contribution in [0.2, 0.25) is 0 Å². The molecular weight excluding hydrogens is 310 g/mol. The number of hydrogen-bond acceptors (Lipinski definition) is 4. The van der Waals surface area contributed by atoms with Crippen LogP contribution < -0.4 is 11.3 Å². The maximum atomic E-state index is 5.85. The van der Waals surface area contributed by atoms with Crippen molar-refractivity contribution in [3.05, 3.63) is 20.8 Å². The Hall–Kier alpha value is 0.0600. The van der Waals surface area contributed by atoms with Gasteiger partial charge in [-0.2, -0.15) is 0 Å². The Kier molecular flexibility index (Phi) is 4.83. The van der Waals surface area contributed by atoms with E-state index < -0.39 is 0 Å². The summed E-state index contributed by atoms with van der Waals surface area (Å²) in [7, 11) is 4.36. The zero-order valence-electron chi connectivity index (χ0n) is 11.1. The van der Waals surface area contributed by atoms with Crippen molar-refractivity contribution in [2.24, 2.45) is 5.84 Å². The number of likely N-dealkylation sites (N-methyl/N-ethyl adjacent to an activating group) is 1. The molecule has 1 unspecified atom stereocenters. The smallest absolute Gasteiger partial charge is 0.0701 e. The van der Waals surface area contributed by atoms with E-state index in [9.17, 15) is 0 Å². The van der Waals surface area contributed by atoms with Crippen molar-refractivity contribution in [1.29, 1.82) is 0 Å². The lowest BCUT2D eigenvalue weighted by atomic mass is 9.85. The minimum absolute atomic E-state index is 0.214. The SMILES string of the molecule is CN(C)C1(C(Cc2ccc(Br)s2)NN)CCCC1. The Balaban J connectivity index is 2.16. The minimum Gasteiger partial charge on any atom is -0.302 e. The highest BCUT2D eigenvalue weighted by Gasteiger charge is 2.42. The van der Waals surface area contributed by atoms with E-state index in [4.69, 9.17) is 5.84 Å². The van der Waals surface area contributed by atoms with Gasteiger partial charge in [-0.25, -0.2) is 0 Å². The first-order valence-electron chi connectivity index (χ1n) is 6.46. The molecule has 18 heavy (non-hydrogen) atoms. The molecule has 3 N–H and O–H groups in total. The number of halogens is 1. The summed E-state index contributed by atoms with van der Waals surface area (Å²) in [5.74, 6) is 5.85. The number of hydrogen-bond donors (Lipinski definition) is 2. The second-order valence-electron chi connectivity index (χ2n) is 5.33. The Bertz CT molecular complexity index is 385. The molecule has 1 aromatic heterocycles. The van der Waals surface area contributed by atoms with Gasteiger partial charge in [0.25, 0.3) is 0 Å². The third-order valence-electron chi connectivity index (χ3n) is 4.24. The van der Waals surface area contributed by atoms with E-state index in [2.05, 4.69) is 52.5 Å². The van der Waals surface area contributed by atoms with Crippen LogP contribution in [0.5, 0.6) is 0 Å². The number of nitrogens with one attached hydrogen (secondary N) is 1. The van der Waals surface area contributed by atoms with Gasteiger partial charge in [-0.1, -0.05) is 12.8 Å². The van der Waals surface area contributed by atoms with Crippen LogP contribution in [0.4, 0.5) is 0 Å². The lowest BCUT2D eigenvalue weighted by molar-refractivity contribution is 0.105. The summed E-state index contributed by atoms with van der Waals surface area (Å²) in [6, 6.07) is 4.63. The van der Waals surface area contributed by atoms with Crippen LogP contribution in [-0.2, 0) is 6.42 Å². The van der Waals surface area contributed by atoms with Crippen LogP contribution in [0.25, 0.3) is 0 Å². The lowest BCUT2D eigenvalue weighted by Gasteiger charge is -2.43. The first kappa shape index (κ1) is 14.5. The minimum atomic E-state index is 0.214. The molecule has 0 amide bonds. The zero-order valence-corrected chi connectivity index (χ0v) is 13.5. The summed E-state index contributed by atoms with van der Waals surface area (Å²) in [4.78, 5) is 3.76. The quantitative estimate of drug-likeness (QED) is 0.644. The number of hydrazine groups is 1. The van der Waals surface area contributed by atoms with Crippen molar-refractivity contribution in [2.75, 3.05) is 14.1 Å². The van der Waals surface area contributed by atoms with E-state index in [1.54, 1.807) is 11.3 Å². The maximum absolute atomic E-state index is 5.85. The Morgan fingerprint density at radius 2 is 2.11 bits per heavy atom. The van der Waals surface area contributed by atoms with Crippen LogP contribution in [0.1, 0.15) is 30.6 Å². The van der Waals surface area contributed by atoms with Gasteiger partial charge in [-0.05, 0) is 55.0 Å². The van der Waals surface area contributed by atoms with Gasteiger partial charge in [0.05, 0.1) is 3.79 Å². The fourth-order valence-electron chi connectivity index (χ4n) is 3.16. The Morgan fingerprint density at radius 1 is 1.44 bits per heavy atom. The lowest BCUT2D eigenvalue weighted by Crippen LogP contribution is -2.60. The fourth-order valence-corrected chi connectivity index (χ4v) is 4.69. The molecule has 0 radical (unpaired) electrons. The van der Waals surface area contributed by atoms with Crippen molar-refractivity contribution >= 4 is 27.3 Å². The van der Waals surface area contributed by atoms with Crippen molar-refractivity contribution in [2.45, 2.75) is 43.7 Å². The number of nitrogens with zero attached hydrogens (tertiary/aromatic N) is 1. The predicted octanol–water partition coefficient (Wildman–Crippen LogP) is 2.76. The topological polar surface area (TPSA) is 41.3 Å². The van der Waals surface area contributed by atoms with E-state index in [-0.39, 0.29) is 5.54 Å². The number of rotatable bonds is 5. The third kappa shape index (κ3) is 2.80. The van der Waals surface area contributed by atoms with E-state index in [1.807, 2.05) is 0 Å². The van der Waals surface area contributed by atoms with Gasteiger partial charge in [0, 0.05) is 22.9 Å². The molecule has 0 aliphatic heterocycles. The van der Waals surface area contributed by atoms with Crippen molar-refractivity contribution in [1.82, 2.24) is 10.3 Å². The molecule has 0 aromatic carbocycles. The van der Waals surface area contributed by atoms with Gasteiger partial charge in [0.2, 0.25) is 0 Å². The van der Waals surface area contributed by atoms with Gasteiger partial charge in [-0.3, -0.25) is 11.3 Å². The molecule has 1 aromatic rings. The molecule has 0 saturated heterocycles. The van der Waals surface area contributed by atoms with Crippen LogP contribution in [0.15, 0.2) is 15.9 Å². The standard InChI is InChI=1S/C13H22BrN3S/c1-17(2)13(7-3-4-8-13)11(16-15)9-10-5-6-12(14)18-10/h5-6,11,16H,3-4,7-9,15H2,1-2H3. The van der Waals surface area contributed by atoms with Crippen LogP contribution in [-0.4, -0.2) is 30.6 Å². The summed E-state index contributed by atoms with van der Waals surface area (Å²) < 4.78 is 1.19. The van der Waals surface area contributed by atoms with E-state index >= 15 is 0 Å². The van der Waals surface area contributed by atoms with E-state index in [0.29, 0.717) is 6.04 Å². The molecule has 1 atom stereocenters. The average Bonchev–Trinajstić information content (AvgIpc) is 2.95. The molecule has 0 bridgehead atoms. The van der Waals surface area contributed by atoms with Gasteiger partial charge in [0.1, 0.15) is 0 Å². The molecule has 0 spiro atoms. The third-order valence-corrected chi connectivity index (χ3v) is 5.89. The van der Waals surface area contributed by atoms with Gasteiger partial charge < -0.3 is 4.90 Å². The first-order chi connectivity index (χ1) is 8.58. The number of nitrogens with two attached hydrogens (primary N) is 1. The Morgan fingerprint density at radius 3 is 2.56 bits per heavy atom. The molecule has 1 aliphatic carbocycles. The zero-order chi connectivity index (χ0) is 13.2. The second kappa shape index (κ2) is 6.01. The predicted molar refractivity (Wildman–Crippen MR) is 81.7 cm³/mol. The average molecular weight is 332 g/mol. The van der Waals surface area contributed by atoms with Crippen molar-refractivity contribution < 1.29 is 0 Å². The molecular formula is C13H22BrN3S. The molecule has 5 heteroatoms. The molecule has 102 valence electrons. The van der Waals surface area contributed by atoms with Gasteiger partial charge in [-0.15, -0.1) is 11.3 Å². The highest BCUT2D eigenvalue weighted by Crippen LogP contribution is 2.38. The Labute approximate surface area is 122 Å². The molecule has 1 fully saturated rings.